The maximum atomic E-state index is 13.4. The van der Waals surface area contributed by atoms with E-state index in [-0.39, 0.29) is 10.6 Å². The maximum Gasteiger partial charge on any atom is 0.142 e. The lowest BCUT2D eigenvalue weighted by Crippen LogP contribution is -2.03. The van der Waals surface area contributed by atoms with Gasteiger partial charge in [-0.15, -0.1) is 0 Å². The standard InChI is InChI=1S/C12H15ClF2O/c1-7(2)3-4-12(16)8-5-11(15)9(13)6-10(8)14/h5-7,12,16H,3-4H2,1-2H3. The van der Waals surface area contributed by atoms with Crippen LogP contribution in [0.25, 0.3) is 0 Å². The van der Waals surface area contributed by atoms with Gasteiger partial charge in [0.1, 0.15) is 11.6 Å². The van der Waals surface area contributed by atoms with E-state index >= 15 is 0 Å². The Kier molecular flexibility index (Phi) is 4.69. The molecule has 0 fully saturated rings. The van der Waals surface area contributed by atoms with Gasteiger partial charge in [-0.3, -0.25) is 0 Å². The Bertz CT molecular complexity index is 366. The molecule has 1 rings (SSSR count). The molecule has 0 radical (unpaired) electrons. The first kappa shape index (κ1) is 13.4. The van der Waals surface area contributed by atoms with Gasteiger partial charge in [-0.2, -0.15) is 0 Å². The zero-order valence-corrected chi connectivity index (χ0v) is 10.1. The molecule has 1 unspecified atom stereocenters. The number of halogens is 3. The van der Waals surface area contributed by atoms with Crippen molar-refractivity contribution in [2.45, 2.75) is 32.8 Å². The Morgan fingerprint density at radius 2 is 1.81 bits per heavy atom. The first-order valence-corrected chi connectivity index (χ1v) is 5.62. The molecule has 1 aromatic rings. The van der Waals surface area contributed by atoms with Gasteiger partial charge in [-0.1, -0.05) is 25.4 Å². The summed E-state index contributed by atoms with van der Waals surface area (Å²) >= 11 is 5.42. The number of aliphatic hydroxyl groups is 1. The molecule has 0 saturated carbocycles. The molecule has 4 heteroatoms. The van der Waals surface area contributed by atoms with Crippen LogP contribution in [0.2, 0.25) is 5.02 Å². The second-order valence-electron chi connectivity index (χ2n) is 4.27. The van der Waals surface area contributed by atoms with Gasteiger partial charge >= 0.3 is 0 Å². The lowest BCUT2D eigenvalue weighted by Gasteiger charge is -2.13. The fourth-order valence-electron chi connectivity index (χ4n) is 1.44. The van der Waals surface area contributed by atoms with E-state index in [1.165, 1.54) is 0 Å². The van der Waals surface area contributed by atoms with E-state index in [0.717, 1.165) is 18.6 Å². The van der Waals surface area contributed by atoms with Gasteiger partial charge in [-0.05, 0) is 30.9 Å². The number of hydrogen-bond donors (Lipinski definition) is 1. The minimum absolute atomic E-state index is 0.0254. The van der Waals surface area contributed by atoms with Gasteiger partial charge in [0.2, 0.25) is 0 Å². The van der Waals surface area contributed by atoms with Crippen molar-refractivity contribution in [3.63, 3.8) is 0 Å². The Labute approximate surface area is 99.0 Å². The molecule has 0 spiro atoms. The normalized spacial score (nSPS) is 13.2. The lowest BCUT2D eigenvalue weighted by atomic mass is 9.99. The Morgan fingerprint density at radius 3 is 2.38 bits per heavy atom. The first-order valence-electron chi connectivity index (χ1n) is 5.24. The largest absolute Gasteiger partial charge is 0.388 e. The summed E-state index contributed by atoms with van der Waals surface area (Å²) in [7, 11) is 0. The highest BCUT2D eigenvalue weighted by atomic mass is 35.5. The molecule has 0 aliphatic rings. The molecule has 1 aromatic carbocycles. The molecule has 0 amide bonds. The predicted octanol–water partition coefficient (Wildman–Crippen LogP) is 4.09. The summed E-state index contributed by atoms with van der Waals surface area (Å²) in [5.74, 6) is -0.959. The van der Waals surface area contributed by atoms with Crippen molar-refractivity contribution in [3.05, 3.63) is 34.4 Å². The van der Waals surface area contributed by atoms with Crippen molar-refractivity contribution in [1.82, 2.24) is 0 Å². The number of benzene rings is 1. The summed E-state index contributed by atoms with van der Waals surface area (Å²) < 4.78 is 26.5. The van der Waals surface area contributed by atoms with E-state index in [2.05, 4.69) is 0 Å². The van der Waals surface area contributed by atoms with Gasteiger partial charge < -0.3 is 5.11 Å². The van der Waals surface area contributed by atoms with Crippen molar-refractivity contribution < 1.29 is 13.9 Å². The zero-order chi connectivity index (χ0) is 12.3. The SMILES string of the molecule is CC(C)CCC(O)c1cc(F)c(Cl)cc1F. The van der Waals surface area contributed by atoms with Crippen LogP contribution < -0.4 is 0 Å². The molecule has 0 bridgehead atoms. The van der Waals surface area contributed by atoms with Crippen molar-refractivity contribution in [2.75, 3.05) is 0 Å². The van der Waals surface area contributed by atoms with E-state index in [0.29, 0.717) is 12.3 Å². The van der Waals surface area contributed by atoms with Crippen molar-refractivity contribution in [2.24, 2.45) is 5.92 Å². The molecule has 90 valence electrons. The fraction of sp³-hybridized carbons (Fsp3) is 0.500. The quantitative estimate of drug-likeness (QED) is 0.796. The maximum absolute atomic E-state index is 13.4. The van der Waals surface area contributed by atoms with Crippen LogP contribution in [0.1, 0.15) is 38.4 Å². The molecular weight excluding hydrogens is 234 g/mol. The van der Waals surface area contributed by atoms with Crippen LogP contribution in [-0.2, 0) is 0 Å². The van der Waals surface area contributed by atoms with Crippen molar-refractivity contribution in [3.8, 4) is 0 Å². The zero-order valence-electron chi connectivity index (χ0n) is 9.30. The highest BCUT2D eigenvalue weighted by Crippen LogP contribution is 2.27. The minimum Gasteiger partial charge on any atom is -0.388 e. The molecule has 0 aromatic heterocycles. The van der Waals surface area contributed by atoms with Gasteiger partial charge in [-0.25, -0.2) is 8.78 Å². The molecule has 1 N–H and O–H groups in total. The molecule has 0 aliphatic carbocycles. The van der Waals surface area contributed by atoms with E-state index in [9.17, 15) is 13.9 Å². The smallest absolute Gasteiger partial charge is 0.142 e. The van der Waals surface area contributed by atoms with Gasteiger partial charge in [0.05, 0.1) is 11.1 Å². The van der Waals surface area contributed by atoms with Gasteiger partial charge in [0.25, 0.3) is 0 Å². The number of aliphatic hydroxyl groups excluding tert-OH is 1. The summed E-state index contributed by atoms with van der Waals surface area (Å²) in [6.07, 6.45) is 0.190. The molecule has 16 heavy (non-hydrogen) atoms. The number of rotatable bonds is 4. The second kappa shape index (κ2) is 5.60. The third-order valence-electron chi connectivity index (χ3n) is 2.42. The van der Waals surface area contributed by atoms with Crippen LogP contribution in [0, 0.1) is 17.6 Å². The first-order chi connectivity index (χ1) is 7.41. The van der Waals surface area contributed by atoms with E-state index < -0.39 is 17.7 Å². The van der Waals surface area contributed by atoms with Gasteiger partial charge in [0, 0.05) is 5.56 Å². The Morgan fingerprint density at radius 1 is 1.19 bits per heavy atom. The lowest BCUT2D eigenvalue weighted by molar-refractivity contribution is 0.154. The molecule has 0 aliphatic heterocycles. The average molecular weight is 249 g/mol. The topological polar surface area (TPSA) is 20.2 Å². The summed E-state index contributed by atoms with van der Waals surface area (Å²) in [4.78, 5) is 0. The van der Waals surface area contributed by atoms with Crippen LogP contribution in [0.5, 0.6) is 0 Å². The summed E-state index contributed by atoms with van der Waals surface area (Å²) in [5, 5.41) is 9.45. The summed E-state index contributed by atoms with van der Waals surface area (Å²) in [6, 6.07) is 1.85. The molecule has 1 atom stereocenters. The van der Waals surface area contributed by atoms with E-state index in [1.54, 1.807) is 0 Å². The fourth-order valence-corrected chi connectivity index (χ4v) is 1.59. The monoisotopic (exact) mass is 248 g/mol. The highest BCUT2D eigenvalue weighted by Gasteiger charge is 2.16. The summed E-state index contributed by atoms with van der Waals surface area (Å²) in [6.45, 7) is 4.01. The summed E-state index contributed by atoms with van der Waals surface area (Å²) in [5.41, 5.74) is -0.0254. The van der Waals surface area contributed by atoms with Crippen molar-refractivity contribution in [1.29, 1.82) is 0 Å². The number of hydrogen-bond acceptors (Lipinski definition) is 1. The van der Waals surface area contributed by atoms with Crippen LogP contribution in [0.4, 0.5) is 8.78 Å². The van der Waals surface area contributed by atoms with Crippen LogP contribution in [0.3, 0.4) is 0 Å². The minimum atomic E-state index is -0.978. The third-order valence-corrected chi connectivity index (χ3v) is 2.71. The molecular formula is C12H15ClF2O. The molecule has 0 saturated heterocycles. The van der Waals surface area contributed by atoms with Crippen LogP contribution in [-0.4, -0.2) is 5.11 Å². The Balaban J connectivity index is 2.82. The van der Waals surface area contributed by atoms with Crippen molar-refractivity contribution >= 4 is 11.6 Å². The van der Waals surface area contributed by atoms with Crippen LogP contribution >= 0.6 is 11.6 Å². The highest BCUT2D eigenvalue weighted by molar-refractivity contribution is 6.30. The van der Waals surface area contributed by atoms with E-state index in [1.807, 2.05) is 13.8 Å². The molecule has 0 heterocycles. The predicted molar refractivity (Wildman–Crippen MR) is 60.4 cm³/mol. The van der Waals surface area contributed by atoms with E-state index in [4.69, 9.17) is 11.6 Å². The van der Waals surface area contributed by atoms with Crippen LogP contribution in [0.15, 0.2) is 12.1 Å². The average Bonchev–Trinajstić information content (AvgIpc) is 2.20. The van der Waals surface area contributed by atoms with Gasteiger partial charge in [0.15, 0.2) is 0 Å². The Hall–Kier alpha value is -0.670. The second-order valence-corrected chi connectivity index (χ2v) is 4.68. The molecule has 1 nitrogen and oxygen atoms in total. The third kappa shape index (κ3) is 3.42.